The average Bonchev–Trinajstić information content (AvgIpc) is 3.13. The number of amides is 2. The van der Waals surface area contributed by atoms with Crippen LogP contribution in [0.25, 0.3) is 0 Å². The van der Waals surface area contributed by atoms with Gasteiger partial charge in [0, 0.05) is 62.6 Å². The van der Waals surface area contributed by atoms with Gasteiger partial charge in [0.05, 0.1) is 6.54 Å². The van der Waals surface area contributed by atoms with Crippen molar-refractivity contribution in [2.75, 3.05) is 44.6 Å². The molecular formula is C19H24N6O2. The van der Waals surface area contributed by atoms with Crippen molar-refractivity contribution in [1.29, 1.82) is 0 Å². The fourth-order valence-corrected chi connectivity index (χ4v) is 3.59. The number of aromatic nitrogens is 2. The normalized spacial score (nSPS) is 17.4. The zero-order valence-corrected chi connectivity index (χ0v) is 15.2. The van der Waals surface area contributed by atoms with Gasteiger partial charge >= 0.3 is 0 Å². The lowest BCUT2D eigenvalue weighted by Crippen LogP contribution is -2.50. The van der Waals surface area contributed by atoms with Crippen LogP contribution >= 0.6 is 0 Å². The number of H-pyrrole nitrogens is 1. The van der Waals surface area contributed by atoms with Gasteiger partial charge in [0.15, 0.2) is 5.69 Å². The maximum Gasteiger partial charge on any atom is 0.274 e. The fourth-order valence-electron chi connectivity index (χ4n) is 3.59. The van der Waals surface area contributed by atoms with Crippen molar-refractivity contribution in [3.63, 3.8) is 0 Å². The van der Waals surface area contributed by atoms with E-state index in [1.807, 2.05) is 35.2 Å². The lowest BCUT2D eigenvalue weighted by molar-refractivity contribution is -0.117. The Kier molecular flexibility index (Phi) is 5.17. The molecule has 0 aliphatic carbocycles. The summed E-state index contributed by atoms with van der Waals surface area (Å²) in [6.45, 7) is 4.49. The Balaban J connectivity index is 1.29. The van der Waals surface area contributed by atoms with Crippen molar-refractivity contribution in [3.8, 4) is 0 Å². The number of piperazine rings is 1. The van der Waals surface area contributed by atoms with E-state index in [4.69, 9.17) is 0 Å². The molecule has 0 saturated carbocycles. The van der Waals surface area contributed by atoms with Crippen LogP contribution in [0.15, 0.2) is 30.3 Å². The van der Waals surface area contributed by atoms with Gasteiger partial charge in [-0.1, -0.05) is 18.2 Å². The fraction of sp³-hybridized carbons (Fsp3) is 0.421. The molecule has 8 heteroatoms. The Bertz CT molecular complexity index is 811. The second kappa shape index (κ2) is 7.89. The molecule has 0 bridgehead atoms. The van der Waals surface area contributed by atoms with Gasteiger partial charge in [-0.3, -0.25) is 19.6 Å². The Labute approximate surface area is 157 Å². The van der Waals surface area contributed by atoms with Crippen molar-refractivity contribution in [1.82, 2.24) is 25.3 Å². The van der Waals surface area contributed by atoms with Gasteiger partial charge in [0.2, 0.25) is 5.91 Å². The summed E-state index contributed by atoms with van der Waals surface area (Å²) in [5.41, 5.74) is 3.39. The molecule has 3 heterocycles. The lowest BCUT2D eigenvalue weighted by Gasteiger charge is -2.34. The van der Waals surface area contributed by atoms with Gasteiger partial charge in [-0.25, -0.2) is 0 Å². The third-order valence-corrected chi connectivity index (χ3v) is 5.09. The molecule has 0 unspecified atom stereocenters. The Hall–Kier alpha value is -2.71. The highest BCUT2D eigenvalue weighted by Crippen LogP contribution is 2.18. The number of nitrogens with zero attached hydrogens (tertiary/aromatic N) is 3. The average molecular weight is 368 g/mol. The van der Waals surface area contributed by atoms with E-state index in [0.717, 1.165) is 29.9 Å². The molecule has 0 radical (unpaired) electrons. The lowest BCUT2D eigenvalue weighted by atomic mass is 10.1. The molecule has 1 fully saturated rings. The largest absolute Gasteiger partial charge is 0.335 e. The quantitative estimate of drug-likeness (QED) is 0.729. The van der Waals surface area contributed by atoms with Gasteiger partial charge in [-0.05, 0) is 12.1 Å². The molecule has 1 aromatic carbocycles. The number of benzene rings is 1. The molecule has 3 N–H and O–H groups in total. The number of nitrogens with one attached hydrogen (secondary N) is 3. The van der Waals surface area contributed by atoms with E-state index >= 15 is 0 Å². The van der Waals surface area contributed by atoms with E-state index in [2.05, 4.69) is 25.7 Å². The first-order valence-corrected chi connectivity index (χ1v) is 9.34. The van der Waals surface area contributed by atoms with Gasteiger partial charge in [0.1, 0.15) is 0 Å². The smallest absolute Gasteiger partial charge is 0.274 e. The maximum atomic E-state index is 12.8. The number of fused-ring (bicyclic) bond motifs is 1. The van der Waals surface area contributed by atoms with Crippen LogP contribution in [0.1, 0.15) is 21.7 Å². The highest BCUT2D eigenvalue weighted by atomic mass is 16.2. The molecule has 2 aliphatic rings. The molecule has 1 saturated heterocycles. The standard InChI is InChI=1S/C19H24N6O2/c26-17(21-14-4-2-1-3-5-14)13-24-8-10-25(11-9-24)19(27)18-15-12-20-7-6-16(15)22-23-18/h1-5,20H,6-13H2,(H,21,26)(H,22,23). The number of rotatable bonds is 4. The molecule has 2 amide bonds. The molecule has 142 valence electrons. The van der Waals surface area contributed by atoms with Crippen LogP contribution < -0.4 is 10.6 Å². The van der Waals surface area contributed by atoms with Crippen molar-refractivity contribution < 1.29 is 9.59 Å². The Morgan fingerprint density at radius 1 is 1.11 bits per heavy atom. The summed E-state index contributed by atoms with van der Waals surface area (Å²) >= 11 is 0. The molecule has 2 aromatic rings. The van der Waals surface area contributed by atoms with Gasteiger partial charge < -0.3 is 15.5 Å². The monoisotopic (exact) mass is 368 g/mol. The molecule has 8 nitrogen and oxygen atoms in total. The van der Waals surface area contributed by atoms with Crippen molar-refractivity contribution in [3.05, 3.63) is 47.3 Å². The third-order valence-electron chi connectivity index (χ3n) is 5.09. The number of hydrogen-bond acceptors (Lipinski definition) is 5. The van der Waals surface area contributed by atoms with E-state index < -0.39 is 0 Å². The first kappa shape index (κ1) is 17.7. The van der Waals surface area contributed by atoms with E-state index in [1.165, 1.54) is 0 Å². The van der Waals surface area contributed by atoms with Crippen LogP contribution in [0, 0.1) is 0 Å². The van der Waals surface area contributed by atoms with Crippen LogP contribution in [0.5, 0.6) is 0 Å². The van der Waals surface area contributed by atoms with Crippen LogP contribution in [0.3, 0.4) is 0 Å². The predicted molar refractivity (Wildman–Crippen MR) is 101 cm³/mol. The van der Waals surface area contributed by atoms with Gasteiger partial charge in [-0.15, -0.1) is 0 Å². The first-order valence-electron chi connectivity index (χ1n) is 9.34. The van der Waals surface area contributed by atoms with Crippen LogP contribution in [-0.4, -0.2) is 71.1 Å². The van der Waals surface area contributed by atoms with Crippen LogP contribution in [0.4, 0.5) is 5.69 Å². The first-order chi connectivity index (χ1) is 13.2. The molecule has 1 aromatic heterocycles. The highest BCUT2D eigenvalue weighted by Gasteiger charge is 2.28. The molecule has 4 rings (SSSR count). The summed E-state index contributed by atoms with van der Waals surface area (Å²) in [6.07, 6.45) is 0.875. The zero-order chi connectivity index (χ0) is 18.6. The molecule has 27 heavy (non-hydrogen) atoms. The van der Waals surface area contributed by atoms with E-state index in [0.29, 0.717) is 45.0 Å². The number of carbonyl (C=O) groups excluding carboxylic acids is 2. The van der Waals surface area contributed by atoms with E-state index in [-0.39, 0.29) is 11.8 Å². The molecular weight excluding hydrogens is 344 g/mol. The minimum absolute atomic E-state index is 0.0235. The summed E-state index contributed by atoms with van der Waals surface area (Å²) in [5.74, 6) is -0.0574. The Morgan fingerprint density at radius 2 is 1.89 bits per heavy atom. The second-order valence-electron chi connectivity index (χ2n) is 6.94. The number of hydrogen-bond donors (Lipinski definition) is 3. The van der Waals surface area contributed by atoms with Crippen molar-refractivity contribution in [2.24, 2.45) is 0 Å². The number of aromatic amines is 1. The molecule has 2 aliphatic heterocycles. The Morgan fingerprint density at radius 3 is 2.67 bits per heavy atom. The minimum atomic E-state index is -0.0339. The summed E-state index contributed by atoms with van der Waals surface area (Å²) < 4.78 is 0. The molecule has 0 atom stereocenters. The minimum Gasteiger partial charge on any atom is -0.335 e. The summed E-state index contributed by atoms with van der Waals surface area (Å²) in [5, 5.41) is 13.4. The third kappa shape index (κ3) is 4.01. The maximum absolute atomic E-state index is 12.8. The van der Waals surface area contributed by atoms with Crippen molar-refractivity contribution >= 4 is 17.5 Å². The van der Waals surface area contributed by atoms with Gasteiger partial charge in [-0.2, -0.15) is 5.10 Å². The number of para-hydroxylation sites is 1. The van der Waals surface area contributed by atoms with Crippen LogP contribution in [0.2, 0.25) is 0 Å². The summed E-state index contributed by atoms with van der Waals surface area (Å²) in [6, 6.07) is 9.44. The van der Waals surface area contributed by atoms with Crippen molar-refractivity contribution in [2.45, 2.75) is 13.0 Å². The number of anilines is 1. The number of carbonyl (C=O) groups is 2. The summed E-state index contributed by atoms with van der Waals surface area (Å²) in [7, 11) is 0. The SMILES string of the molecule is O=C(CN1CCN(C(=O)c2n[nH]c3c2CNCC3)CC1)Nc1ccccc1. The topological polar surface area (TPSA) is 93.4 Å². The van der Waals surface area contributed by atoms with Crippen LogP contribution in [-0.2, 0) is 17.8 Å². The predicted octanol–water partition coefficient (Wildman–Crippen LogP) is 0.452. The van der Waals surface area contributed by atoms with E-state index in [1.54, 1.807) is 0 Å². The zero-order valence-electron chi connectivity index (χ0n) is 15.2. The van der Waals surface area contributed by atoms with E-state index in [9.17, 15) is 9.59 Å². The summed E-state index contributed by atoms with van der Waals surface area (Å²) in [4.78, 5) is 28.9. The highest BCUT2D eigenvalue weighted by molar-refractivity contribution is 5.94. The molecule has 0 spiro atoms. The second-order valence-corrected chi connectivity index (χ2v) is 6.94. The van der Waals surface area contributed by atoms with Gasteiger partial charge in [0.25, 0.3) is 5.91 Å².